The van der Waals surface area contributed by atoms with Crippen molar-refractivity contribution < 1.29 is 14.7 Å². The Bertz CT molecular complexity index is 430. The largest absolute Gasteiger partial charge is 0.480 e. The fourth-order valence-corrected chi connectivity index (χ4v) is 2.03. The number of amides is 1. The minimum atomic E-state index is -1.04. The van der Waals surface area contributed by atoms with Crippen LogP contribution in [0.15, 0.2) is 0 Å². The molecule has 7 heteroatoms. The molecule has 1 aromatic rings. The van der Waals surface area contributed by atoms with E-state index in [4.69, 9.17) is 5.11 Å². The van der Waals surface area contributed by atoms with Gasteiger partial charge in [0.1, 0.15) is 10.9 Å². The van der Waals surface area contributed by atoms with Crippen LogP contribution in [0.1, 0.15) is 42.1 Å². The van der Waals surface area contributed by atoms with E-state index in [0.717, 1.165) is 11.5 Å². The van der Waals surface area contributed by atoms with Crippen molar-refractivity contribution in [2.24, 2.45) is 0 Å². The molecule has 0 radical (unpaired) electrons. The zero-order valence-corrected chi connectivity index (χ0v) is 11.0. The average Bonchev–Trinajstić information content (AvgIpc) is 2.74. The van der Waals surface area contributed by atoms with Gasteiger partial charge in [0.15, 0.2) is 0 Å². The second kappa shape index (κ2) is 5.22. The molecule has 1 rings (SSSR count). The molecule has 1 unspecified atom stereocenters. The van der Waals surface area contributed by atoms with E-state index in [0.29, 0.717) is 10.6 Å². The highest BCUT2D eigenvalue weighted by molar-refractivity contribution is 7.08. The standard InChI is InChI=1S/C10H15N3O3S/c1-5(2)7-8(17-12-11-7)9(14)13(4)6(3)10(15)16/h5-6H,1-4H3,(H,15,16). The Morgan fingerprint density at radius 1 is 1.35 bits per heavy atom. The molecule has 6 nitrogen and oxygen atoms in total. The molecule has 0 aliphatic carbocycles. The van der Waals surface area contributed by atoms with Crippen molar-refractivity contribution in [1.29, 1.82) is 0 Å². The van der Waals surface area contributed by atoms with E-state index in [2.05, 4.69) is 9.59 Å². The molecule has 1 N–H and O–H groups in total. The number of hydrogen-bond acceptors (Lipinski definition) is 5. The number of likely N-dealkylation sites (N-methyl/N-ethyl adjacent to an activating group) is 1. The van der Waals surface area contributed by atoms with Crippen LogP contribution in [-0.4, -0.2) is 44.6 Å². The molecule has 1 aromatic heterocycles. The van der Waals surface area contributed by atoms with Crippen LogP contribution >= 0.6 is 11.5 Å². The maximum absolute atomic E-state index is 12.1. The molecular weight excluding hydrogens is 242 g/mol. The number of aromatic nitrogens is 2. The number of carboxylic acid groups (broad SMARTS) is 1. The number of carbonyl (C=O) groups is 2. The number of carboxylic acids is 1. The Kier molecular flexibility index (Phi) is 4.17. The summed E-state index contributed by atoms with van der Waals surface area (Å²) in [6.45, 7) is 5.28. The summed E-state index contributed by atoms with van der Waals surface area (Å²) in [7, 11) is 1.46. The normalized spacial score (nSPS) is 12.5. The molecule has 17 heavy (non-hydrogen) atoms. The first-order valence-electron chi connectivity index (χ1n) is 5.18. The third-order valence-corrected chi connectivity index (χ3v) is 3.24. The van der Waals surface area contributed by atoms with Crippen molar-refractivity contribution in [3.63, 3.8) is 0 Å². The van der Waals surface area contributed by atoms with Crippen LogP contribution in [0.2, 0.25) is 0 Å². The van der Waals surface area contributed by atoms with Gasteiger partial charge in [-0.3, -0.25) is 4.79 Å². The highest BCUT2D eigenvalue weighted by atomic mass is 32.1. The summed E-state index contributed by atoms with van der Waals surface area (Å²) >= 11 is 0.998. The van der Waals surface area contributed by atoms with Gasteiger partial charge in [-0.2, -0.15) is 0 Å². The summed E-state index contributed by atoms with van der Waals surface area (Å²) < 4.78 is 3.75. The van der Waals surface area contributed by atoms with Gasteiger partial charge in [0.05, 0.1) is 5.69 Å². The molecule has 1 heterocycles. The zero-order valence-electron chi connectivity index (χ0n) is 10.2. The molecule has 0 saturated heterocycles. The Morgan fingerprint density at radius 3 is 2.41 bits per heavy atom. The molecule has 94 valence electrons. The second-order valence-corrected chi connectivity index (χ2v) is 4.83. The summed E-state index contributed by atoms with van der Waals surface area (Å²) in [4.78, 5) is 24.5. The first-order chi connectivity index (χ1) is 7.86. The molecule has 1 atom stereocenters. The van der Waals surface area contributed by atoms with Crippen LogP contribution in [0.3, 0.4) is 0 Å². The molecule has 0 aliphatic rings. The van der Waals surface area contributed by atoms with Gasteiger partial charge in [0, 0.05) is 7.05 Å². The Morgan fingerprint density at radius 2 is 1.94 bits per heavy atom. The first kappa shape index (κ1) is 13.6. The fraction of sp³-hybridized carbons (Fsp3) is 0.600. The number of carbonyl (C=O) groups excluding carboxylic acids is 1. The SMILES string of the molecule is CC(C)c1nnsc1C(=O)N(C)C(C)C(=O)O. The van der Waals surface area contributed by atoms with E-state index in [-0.39, 0.29) is 11.8 Å². The molecule has 0 bridgehead atoms. The molecular formula is C10H15N3O3S. The van der Waals surface area contributed by atoms with Crippen LogP contribution in [0.25, 0.3) is 0 Å². The van der Waals surface area contributed by atoms with Crippen molar-refractivity contribution in [2.75, 3.05) is 7.05 Å². The molecule has 0 aliphatic heterocycles. The Labute approximate surface area is 103 Å². The van der Waals surface area contributed by atoms with E-state index in [9.17, 15) is 9.59 Å². The summed E-state index contributed by atoms with van der Waals surface area (Å²) in [6, 6.07) is -0.871. The van der Waals surface area contributed by atoms with E-state index < -0.39 is 12.0 Å². The summed E-state index contributed by atoms with van der Waals surface area (Å²) in [5.41, 5.74) is 0.615. The van der Waals surface area contributed by atoms with Gasteiger partial charge in [0.2, 0.25) is 0 Å². The van der Waals surface area contributed by atoms with E-state index in [1.54, 1.807) is 0 Å². The van der Waals surface area contributed by atoms with Crippen molar-refractivity contribution in [3.8, 4) is 0 Å². The van der Waals surface area contributed by atoms with Crippen LogP contribution in [0.4, 0.5) is 0 Å². The minimum absolute atomic E-state index is 0.0845. The predicted molar refractivity (Wildman–Crippen MR) is 63.2 cm³/mol. The quantitative estimate of drug-likeness (QED) is 0.876. The lowest BCUT2D eigenvalue weighted by atomic mass is 10.1. The Hall–Kier alpha value is -1.50. The van der Waals surface area contributed by atoms with Crippen molar-refractivity contribution in [1.82, 2.24) is 14.5 Å². The van der Waals surface area contributed by atoms with Gasteiger partial charge < -0.3 is 10.0 Å². The molecule has 0 spiro atoms. The highest BCUT2D eigenvalue weighted by Crippen LogP contribution is 2.21. The average molecular weight is 257 g/mol. The summed E-state index contributed by atoms with van der Waals surface area (Å²) in [5.74, 6) is -1.30. The maximum Gasteiger partial charge on any atom is 0.326 e. The predicted octanol–water partition coefficient (Wildman–Crippen LogP) is 1.21. The summed E-state index contributed by atoms with van der Waals surface area (Å²) in [5, 5.41) is 12.8. The summed E-state index contributed by atoms with van der Waals surface area (Å²) in [6.07, 6.45) is 0. The molecule has 0 aromatic carbocycles. The molecule has 0 saturated carbocycles. The van der Waals surface area contributed by atoms with Crippen LogP contribution in [-0.2, 0) is 4.79 Å². The van der Waals surface area contributed by atoms with Crippen molar-refractivity contribution in [3.05, 3.63) is 10.6 Å². The molecule has 1 amide bonds. The van der Waals surface area contributed by atoms with Crippen LogP contribution in [0, 0.1) is 0 Å². The second-order valence-electron chi connectivity index (χ2n) is 4.07. The Balaban J connectivity index is 2.96. The van der Waals surface area contributed by atoms with Crippen LogP contribution < -0.4 is 0 Å². The highest BCUT2D eigenvalue weighted by Gasteiger charge is 2.27. The lowest BCUT2D eigenvalue weighted by Gasteiger charge is -2.21. The van der Waals surface area contributed by atoms with E-state index in [1.165, 1.54) is 18.9 Å². The number of nitrogens with zero attached hydrogens (tertiary/aromatic N) is 3. The topological polar surface area (TPSA) is 83.4 Å². The smallest absolute Gasteiger partial charge is 0.326 e. The lowest BCUT2D eigenvalue weighted by Crippen LogP contribution is -2.40. The van der Waals surface area contributed by atoms with E-state index in [1.807, 2.05) is 13.8 Å². The van der Waals surface area contributed by atoms with Crippen LogP contribution in [0.5, 0.6) is 0 Å². The zero-order chi connectivity index (χ0) is 13.2. The molecule has 0 fully saturated rings. The van der Waals surface area contributed by atoms with Crippen molar-refractivity contribution in [2.45, 2.75) is 32.7 Å². The van der Waals surface area contributed by atoms with Gasteiger partial charge >= 0.3 is 5.97 Å². The monoisotopic (exact) mass is 257 g/mol. The first-order valence-corrected chi connectivity index (χ1v) is 5.95. The third kappa shape index (κ3) is 2.79. The maximum atomic E-state index is 12.1. The van der Waals surface area contributed by atoms with Gasteiger partial charge in [-0.1, -0.05) is 18.3 Å². The van der Waals surface area contributed by atoms with Gasteiger partial charge in [-0.05, 0) is 24.4 Å². The van der Waals surface area contributed by atoms with E-state index >= 15 is 0 Å². The number of hydrogen-bond donors (Lipinski definition) is 1. The third-order valence-electron chi connectivity index (χ3n) is 2.51. The minimum Gasteiger partial charge on any atom is -0.480 e. The lowest BCUT2D eigenvalue weighted by molar-refractivity contribution is -0.141. The van der Waals surface area contributed by atoms with Gasteiger partial charge in [-0.15, -0.1) is 5.10 Å². The van der Waals surface area contributed by atoms with Crippen molar-refractivity contribution >= 4 is 23.4 Å². The van der Waals surface area contributed by atoms with Gasteiger partial charge in [-0.25, -0.2) is 4.79 Å². The van der Waals surface area contributed by atoms with Gasteiger partial charge in [0.25, 0.3) is 5.91 Å². The number of rotatable bonds is 4. The number of aliphatic carboxylic acids is 1. The fourth-order valence-electron chi connectivity index (χ4n) is 1.23.